The number of aliphatic hydroxyl groups is 1. The molecule has 5 aliphatic carbocycles. The van der Waals surface area contributed by atoms with Crippen LogP contribution in [0, 0.1) is 50.2 Å². The van der Waals surface area contributed by atoms with Crippen molar-refractivity contribution in [1.29, 1.82) is 0 Å². The molecule has 1 N–H and O–H groups in total. The third kappa shape index (κ3) is 2.35. The quantitative estimate of drug-likeness (QED) is 0.496. The van der Waals surface area contributed by atoms with Crippen LogP contribution in [0.2, 0.25) is 0 Å². The van der Waals surface area contributed by atoms with Crippen LogP contribution in [-0.4, -0.2) is 35.5 Å². The van der Waals surface area contributed by atoms with Gasteiger partial charge in [0.1, 0.15) is 12.1 Å². The maximum Gasteiger partial charge on any atom is 0.142 e. The van der Waals surface area contributed by atoms with E-state index in [2.05, 4.69) is 41.5 Å². The number of fused-ring (bicyclic) bond motifs is 4. The molecule has 0 aromatic carbocycles. The summed E-state index contributed by atoms with van der Waals surface area (Å²) in [5.74, 6) is 1.64. The van der Waals surface area contributed by atoms with Crippen LogP contribution in [0.25, 0.3) is 0 Å². The van der Waals surface area contributed by atoms with Crippen molar-refractivity contribution >= 4 is 12.1 Å². The molecule has 5 saturated carbocycles. The fraction of sp³-hybridized carbons (Fsp3) is 0.933. The van der Waals surface area contributed by atoms with Crippen LogP contribution in [0.5, 0.6) is 0 Å². The highest BCUT2D eigenvalue weighted by Crippen LogP contribution is 2.79. The van der Waals surface area contributed by atoms with Crippen LogP contribution in [0.3, 0.4) is 0 Å². The Balaban J connectivity index is 1.46. The molecule has 0 radical (unpaired) electrons. The van der Waals surface area contributed by atoms with Gasteiger partial charge in [-0.05, 0) is 85.9 Å². The van der Waals surface area contributed by atoms with Gasteiger partial charge >= 0.3 is 0 Å². The lowest BCUT2D eigenvalue weighted by Crippen LogP contribution is -2.73. The molecule has 10 atom stereocenters. The zero-order chi connectivity index (χ0) is 24.6. The van der Waals surface area contributed by atoms with Gasteiger partial charge in [0.15, 0.2) is 0 Å². The van der Waals surface area contributed by atoms with E-state index in [0.717, 1.165) is 57.8 Å². The van der Waals surface area contributed by atoms with Crippen molar-refractivity contribution in [3.63, 3.8) is 0 Å². The van der Waals surface area contributed by atoms with Crippen molar-refractivity contribution in [2.24, 2.45) is 50.2 Å². The SMILES string of the molecule is CC1(C)[C@@H](O)CC[C@]2(C)[C@H]3CC[C@]45OC[C@@]6(CC[C@](C)(C=O)C[C@H]64)C(=O)C[C@@]5(C)[C@]3(C)CC[C@@H]12. The van der Waals surface area contributed by atoms with Crippen LogP contribution in [0.1, 0.15) is 106 Å². The first-order chi connectivity index (χ1) is 15.7. The Morgan fingerprint density at radius 2 is 1.59 bits per heavy atom. The van der Waals surface area contributed by atoms with E-state index in [4.69, 9.17) is 4.74 Å². The molecule has 0 unspecified atom stereocenters. The maximum absolute atomic E-state index is 14.1. The minimum Gasteiger partial charge on any atom is -0.393 e. The second kappa shape index (κ2) is 6.57. The van der Waals surface area contributed by atoms with Crippen LogP contribution in [-0.2, 0) is 14.3 Å². The Kier molecular flexibility index (Phi) is 4.57. The van der Waals surface area contributed by atoms with E-state index in [1.54, 1.807) is 0 Å². The van der Waals surface area contributed by atoms with Gasteiger partial charge in [-0.2, -0.15) is 0 Å². The van der Waals surface area contributed by atoms with Crippen molar-refractivity contribution < 1.29 is 19.4 Å². The average molecular weight is 471 g/mol. The number of aldehydes is 1. The predicted octanol–water partition coefficient (Wildman–Crippen LogP) is 5.74. The lowest BCUT2D eigenvalue weighted by atomic mass is 9.30. The molecule has 6 fully saturated rings. The zero-order valence-electron chi connectivity index (χ0n) is 22.3. The summed E-state index contributed by atoms with van der Waals surface area (Å²) in [6, 6.07) is 0. The van der Waals surface area contributed by atoms with Crippen molar-refractivity contribution in [2.75, 3.05) is 6.61 Å². The molecule has 4 heteroatoms. The minimum atomic E-state index is -0.358. The molecule has 2 bridgehead atoms. The number of aliphatic hydroxyl groups excluding tert-OH is 1. The highest BCUT2D eigenvalue weighted by molar-refractivity contribution is 5.89. The van der Waals surface area contributed by atoms with Gasteiger partial charge in [0.05, 0.1) is 23.7 Å². The van der Waals surface area contributed by atoms with Crippen LogP contribution < -0.4 is 0 Å². The van der Waals surface area contributed by atoms with Crippen molar-refractivity contribution in [2.45, 2.75) is 117 Å². The van der Waals surface area contributed by atoms with Crippen molar-refractivity contribution in [1.82, 2.24) is 0 Å². The monoisotopic (exact) mass is 470 g/mol. The number of rotatable bonds is 1. The lowest BCUT2D eigenvalue weighted by molar-refractivity contribution is -0.282. The fourth-order valence-corrected chi connectivity index (χ4v) is 11.7. The zero-order valence-corrected chi connectivity index (χ0v) is 22.3. The summed E-state index contributed by atoms with van der Waals surface area (Å²) in [7, 11) is 0. The first kappa shape index (κ1) is 23.6. The average Bonchev–Trinajstić information content (AvgIpc) is 3.05. The second-order valence-electron chi connectivity index (χ2n) is 15.3. The Labute approximate surface area is 206 Å². The molecule has 1 spiro atoms. The fourth-order valence-electron chi connectivity index (χ4n) is 11.7. The first-order valence-electron chi connectivity index (χ1n) is 14.1. The number of carbonyl (C=O) groups excluding carboxylic acids is 2. The number of hydrogen-bond acceptors (Lipinski definition) is 4. The molecule has 1 heterocycles. The van der Waals surface area contributed by atoms with Gasteiger partial charge in [0.25, 0.3) is 0 Å². The van der Waals surface area contributed by atoms with Gasteiger partial charge in [-0.15, -0.1) is 0 Å². The summed E-state index contributed by atoms with van der Waals surface area (Å²) in [6.07, 6.45) is 10.4. The molecule has 6 aliphatic rings. The highest BCUT2D eigenvalue weighted by atomic mass is 16.5. The predicted molar refractivity (Wildman–Crippen MR) is 131 cm³/mol. The summed E-state index contributed by atoms with van der Waals surface area (Å²) in [4.78, 5) is 26.2. The minimum absolute atomic E-state index is 0.0239. The number of ether oxygens (including phenoxy) is 1. The molecule has 190 valence electrons. The smallest absolute Gasteiger partial charge is 0.142 e. The summed E-state index contributed by atoms with van der Waals surface area (Å²) in [5, 5.41) is 10.9. The second-order valence-corrected chi connectivity index (χ2v) is 15.3. The van der Waals surface area contributed by atoms with E-state index in [0.29, 0.717) is 30.6 Å². The highest BCUT2D eigenvalue weighted by Gasteiger charge is 2.80. The van der Waals surface area contributed by atoms with E-state index < -0.39 is 0 Å². The summed E-state index contributed by atoms with van der Waals surface area (Å²) >= 11 is 0. The molecule has 0 amide bonds. The van der Waals surface area contributed by atoms with E-state index in [1.807, 2.05) is 0 Å². The lowest BCUT2D eigenvalue weighted by Gasteiger charge is -2.74. The van der Waals surface area contributed by atoms with E-state index in [9.17, 15) is 14.7 Å². The van der Waals surface area contributed by atoms with Gasteiger partial charge < -0.3 is 14.6 Å². The maximum atomic E-state index is 14.1. The van der Waals surface area contributed by atoms with Crippen molar-refractivity contribution in [3.05, 3.63) is 0 Å². The van der Waals surface area contributed by atoms with Gasteiger partial charge in [-0.25, -0.2) is 0 Å². The Hall–Kier alpha value is -0.740. The molecule has 1 saturated heterocycles. The molecule has 4 nitrogen and oxygen atoms in total. The molecular weight excluding hydrogens is 424 g/mol. The number of ketones is 1. The summed E-state index contributed by atoms with van der Waals surface area (Å²) in [5.41, 5.74) is -1.05. The molecule has 34 heavy (non-hydrogen) atoms. The Bertz CT molecular complexity index is 942. The third-order valence-electron chi connectivity index (χ3n) is 14.0. The van der Waals surface area contributed by atoms with E-state index in [-0.39, 0.29) is 50.1 Å². The molecule has 0 aromatic heterocycles. The van der Waals surface area contributed by atoms with Crippen LogP contribution >= 0.6 is 0 Å². The largest absolute Gasteiger partial charge is 0.393 e. The molecular formula is C30H46O4. The van der Waals surface area contributed by atoms with E-state index in [1.165, 1.54) is 6.29 Å². The van der Waals surface area contributed by atoms with Gasteiger partial charge in [-0.3, -0.25) is 4.79 Å². The number of carbonyl (C=O) groups is 2. The standard InChI is InChI=1S/C30H46O4/c1-24(2)19-7-11-27(5)20(26(19,4)10-9-22(24)32)8-12-30-21-15-25(3,17-31)13-14-29(21,18-34-30)23(33)16-28(27,30)6/h17,19-22,32H,7-16,18H2,1-6H3/t19-,20+,21+,22-,25-,26-,27+,28-,29+,30-/m0/s1. The normalized spacial score (nSPS) is 59.9. The first-order valence-corrected chi connectivity index (χ1v) is 14.1. The molecule has 6 rings (SSSR count). The Morgan fingerprint density at radius 3 is 2.29 bits per heavy atom. The topological polar surface area (TPSA) is 63.6 Å². The third-order valence-corrected chi connectivity index (χ3v) is 14.0. The van der Waals surface area contributed by atoms with Gasteiger partial charge in [0, 0.05) is 23.2 Å². The summed E-state index contributed by atoms with van der Waals surface area (Å²) in [6.45, 7) is 14.7. The number of Topliss-reactive ketones (excluding diaryl/α,β-unsaturated/α-hetero) is 1. The van der Waals surface area contributed by atoms with Crippen LogP contribution in [0.15, 0.2) is 0 Å². The van der Waals surface area contributed by atoms with E-state index >= 15 is 0 Å². The molecule has 0 aromatic rings. The van der Waals surface area contributed by atoms with Crippen LogP contribution in [0.4, 0.5) is 0 Å². The van der Waals surface area contributed by atoms with Crippen molar-refractivity contribution in [3.8, 4) is 0 Å². The summed E-state index contributed by atoms with van der Waals surface area (Å²) < 4.78 is 6.98. The van der Waals surface area contributed by atoms with Gasteiger partial charge in [0.2, 0.25) is 0 Å². The molecule has 1 aliphatic heterocycles. The Morgan fingerprint density at radius 1 is 0.882 bits per heavy atom. The number of hydrogen-bond donors (Lipinski definition) is 1. The van der Waals surface area contributed by atoms with Gasteiger partial charge in [-0.1, -0.05) is 41.5 Å².